The van der Waals surface area contributed by atoms with Gasteiger partial charge >= 0.3 is 0 Å². The molecule has 0 saturated carbocycles. The number of fused-ring (bicyclic) bond motifs is 1. The molecule has 0 spiro atoms. The molecule has 2 heterocycles. The first-order valence-electron chi connectivity index (χ1n) is 10.3. The maximum atomic E-state index is 12.3. The number of aromatic nitrogens is 2. The van der Waals surface area contributed by atoms with Crippen LogP contribution in [-0.2, 0) is 11.4 Å². The van der Waals surface area contributed by atoms with E-state index in [-0.39, 0.29) is 24.7 Å². The highest BCUT2D eigenvalue weighted by Gasteiger charge is 2.09. The average molecular weight is 445 g/mol. The number of amides is 1. The van der Waals surface area contributed by atoms with Gasteiger partial charge in [0.25, 0.3) is 11.5 Å². The van der Waals surface area contributed by atoms with Gasteiger partial charge in [0.1, 0.15) is 29.5 Å². The number of nitrogens with zero attached hydrogens (tertiary/aromatic N) is 2. The molecule has 1 amide bonds. The normalized spacial score (nSPS) is 10.6. The fraction of sp³-hybridized carbons (Fsp3) is 0.160. The van der Waals surface area contributed by atoms with Crippen molar-refractivity contribution in [3.63, 3.8) is 0 Å². The summed E-state index contributed by atoms with van der Waals surface area (Å²) in [5, 5.41) is 2.80. The van der Waals surface area contributed by atoms with Crippen molar-refractivity contribution in [1.29, 1.82) is 0 Å². The van der Waals surface area contributed by atoms with Crippen LogP contribution >= 0.6 is 0 Å². The number of carbonyl (C=O) groups excluding carboxylic acids is 1. The molecular formula is C25H23N3O5. The number of methoxy groups -OCH3 is 1. The summed E-state index contributed by atoms with van der Waals surface area (Å²) in [5.74, 6) is 1.56. The van der Waals surface area contributed by atoms with Gasteiger partial charge < -0.3 is 19.5 Å². The molecule has 0 atom stereocenters. The van der Waals surface area contributed by atoms with Crippen LogP contribution < -0.4 is 25.1 Å². The molecule has 33 heavy (non-hydrogen) atoms. The van der Waals surface area contributed by atoms with Crippen LogP contribution in [0.1, 0.15) is 11.3 Å². The lowest BCUT2D eigenvalue weighted by atomic mass is 10.2. The minimum absolute atomic E-state index is 0.124. The lowest BCUT2D eigenvalue weighted by Crippen LogP contribution is -2.20. The van der Waals surface area contributed by atoms with Crippen molar-refractivity contribution in [3.05, 3.63) is 94.5 Å². The number of hydrogen-bond acceptors (Lipinski definition) is 6. The first kappa shape index (κ1) is 21.9. The van der Waals surface area contributed by atoms with E-state index in [2.05, 4.69) is 10.3 Å². The number of nitrogens with one attached hydrogen (secondary N) is 1. The molecule has 0 fully saturated rings. The Balaban J connectivity index is 1.38. The Kier molecular flexibility index (Phi) is 6.54. The third kappa shape index (κ3) is 5.48. The molecule has 0 bridgehead atoms. The Labute approximate surface area is 190 Å². The summed E-state index contributed by atoms with van der Waals surface area (Å²) in [6, 6.07) is 19.2. The van der Waals surface area contributed by atoms with E-state index < -0.39 is 0 Å². The lowest BCUT2D eigenvalue weighted by Gasteiger charge is -2.12. The Bertz CT molecular complexity index is 1330. The van der Waals surface area contributed by atoms with E-state index in [1.807, 2.05) is 19.1 Å². The van der Waals surface area contributed by atoms with Crippen molar-refractivity contribution in [2.45, 2.75) is 13.5 Å². The second kappa shape index (κ2) is 9.86. The van der Waals surface area contributed by atoms with Crippen molar-refractivity contribution in [1.82, 2.24) is 9.38 Å². The summed E-state index contributed by atoms with van der Waals surface area (Å²) in [7, 11) is 1.58. The zero-order chi connectivity index (χ0) is 23.2. The molecule has 168 valence electrons. The van der Waals surface area contributed by atoms with E-state index in [9.17, 15) is 9.59 Å². The summed E-state index contributed by atoms with van der Waals surface area (Å²) in [4.78, 5) is 29.0. The van der Waals surface area contributed by atoms with Gasteiger partial charge in [0, 0.05) is 24.0 Å². The molecule has 4 rings (SSSR count). The van der Waals surface area contributed by atoms with Crippen molar-refractivity contribution < 1.29 is 19.0 Å². The molecule has 2 aromatic carbocycles. The summed E-state index contributed by atoms with van der Waals surface area (Å²) >= 11 is 0. The summed E-state index contributed by atoms with van der Waals surface area (Å²) in [5.41, 5.74) is 2.37. The lowest BCUT2D eigenvalue weighted by molar-refractivity contribution is -0.118. The number of aryl methyl sites for hydroxylation is 1. The average Bonchev–Trinajstić information content (AvgIpc) is 2.83. The molecule has 1 N–H and O–H groups in total. The number of anilines is 1. The van der Waals surface area contributed by atoms with Gasteiger partial charge in [-0.1, -0.05) is 12.1 Å². The Morgan fingerprint density at radius 2 is 1.79 bits per heavy atom. The maximum Gasteiger partial charge on any atom is 0.262 e. The SMILES string of the molecule is COc1ccc(OCC(=O)Nc2ccc(C)c(OCc3cc(=O)n4ccccc4n3)c2)cc1. The van der Waals surface area contributed by atoms with Crippen molar-refractivity contribution >= 4 is 17.2 Å². The monoisotopic (exact) mass is 445 g/mol. The number of pyridine rings is 1. The zero-order valence-corrected chi connectivity index (χ0v) is 18.3. The molecule has 8 heteroatoms. The van der Waals surface area contributed by atoms with E-state index in [4.69, 9.17) is 14.2 Å². The van der Waals surface area contributed by atoms with Crippen LogP contribution in [0, 0.1) is 6.92 Å². The first-order chi connectivity index (χ1) is 16.0. The summed E-state index contributed by atoms with van der Waals surface area (Å²) in [6.45, 7) is 1.89. The highest BCUT2D eigenvalue weighted by Crippen LogP contribution is 2.24. The van der Waals surface area contributed by atoms with E-state index in [1.54, 1.807) is 61.8 Å². The van der Waals surface area contributed by atoms with Gasteiger partial charge in [-0.05, 0) is 55.0 Å². The van der Waals surface area contributed by atoms with Crippen LogP contribution in [0.4, 0.5) is 5.69 Å². The third-order valence-electron chi connectivity index (χ3n) is 4.90. The molecule has 0 saturated heterocycles. The molecule has 0 unspecified atom stereocenters. The Morgan fingerprint density at radius 3 is 2.58 bits per heavy atom. The molecular weight excluding hydrogens is 422 g/mol. The van der Waals surface area contributed by atoms with Crippen molar-refractivity contribution in [2.75, 3.05) is 19.0 Å². The van der Waals surface area contributed by atoms with Gasteiger partial charge in [-0.25, -0.2) is 4.98 Å². The second-order valence-corrected chi connectivity index (χ2v) is 7.30. The van der Waals surface area contributed by atoms with Crippen LogP contribution in [0.5, 0.6) is 17.2 Å². The predicted molar refractivity (Wildman–Crippen MR) is 124 cm³/mol. The minimum atomic E-state index is -0.301. The summed E-state index contributed by atoms with van der Waals surface area (Å²) in [6.07, 6.45) is 1.67. The molecule has 2 aromatic heterocycles. The Morgan fingerprint density at radius 1 is 1.00 bits per heavy atom. The molecule has 8 nitrogen and oxygen atoms in total. The van der Waals surface area contributed by atoms with Crippen molar-refractivity contribution in [3.8, 4) is 17.2 Å². The van der Waals surface area contributed by atoms with Crippen molar-refractivity contribution in [2.24, 2.45) is 0 Å². The molecule has 0 aliphatic rings. The van der Waals surface area contributed by atoms with Crippen LogP contribution in [0.2, 0.25) is 0 Å². The first-order valence-corrected chi connectivity index (χ1v) is 10.3. The van der Waals surface area contributed by atoms with Gasteiger partial charge in [0.15, 0.2) is 6.61 Å². The van der Waals surface area contributed by atoms with E-state index in [0.717, 1.165) is 5.56 Å². The quantitative estimate of drug-likeness (QED) is 0.446. The highest BCUT2D eigenvalue weighted by molar-refractivity contribution is 5.92. The summed E-state index contributed by atoms with van der Waals surface area (Å²) < 4.78 is 18.0. The number of carbonyl (C=O) groups is 1. The van der Waals surface area contributed by atoms with Crippen LogP contribution in [0.3, 0.4) is 0 Å². The fourth-order valence-corrected chi connectivity index (χ4v) is 3.18. The number of hydrogen-bond donors (Lipinski definition) is 1. The molecule has 0 aliphatic carbocycles. The number of ether oxygens (including phenoxy) is 3. The largest absolute Gasteiger partial charge is 0.497 e. The van der Waals surface area contributed by atoms with Crippen LogP contribution in [0.15, 0.2) is 77.7 Å². The van der Waals surface area contributed by atoms with Crippen LogP contribution in [-0.4, -0.2) is 29.0 Å². The Hall–Kier alpha value is -4.33. The van der Waals surface area contributed by atoms with Gasteiger partial charge in [0.2, 0.25) is 0 Å². The van der Waals surface area contributed by atoms with Crippen LogP contribution in [0.25, 0.3) is 5.65 Å². The van der Waals surface area contributed by atoms with Gasteiger partial charge in [0.05, 0.1) is 12.8 Å². The van der Waals surface area contributed by atoms with E-state index in [1.165, 1.54) is 10.5 Å². The topological polar surface area (TPSA) is 91.2 Å². The molecule has 4 aromatic rings. The van der Waals surface area contributed by atoms with E-state index in [0.29, 0.717) is 34.3 Å². The zero-order valence-electron chi connectivity index (χ0n) is 18.3. The van der Waals surface area contributed by atoms with Gasteiger partial charge in [-0.2, -0.15) is 0 Å². The second-order valence-electron chi connectivity index (χ2n) is 7.30. The predicted octanol–water partition coefficient (Wildman–Crippen LogP) is 3.61. The standard InChI is InChI=1S/C25H23N3O5/c1-17-6-7-18(27-24(29)16-32-21-10-8-20(31-2)9-11-21)13-22(17)33-15-19-14-25(30)28-12-4-3-5-23(28)26-19/h3-14H,15-16H2,1-2H3,(H,27,29). The molecule has 0 aliphatic heterocycles. The van der Waals surface area contributed by atoms with Gasteiger partial charge in [-0.3, -0.25) is 14.0 Å². The number of rotatable bonds is 8. The van der Waals surface area contributed by atoms with Gasteiger partial charge in [-0.15, -0.1) is 0 Å². The number of benzene rings is 2. The minimum Gasteiger partial charge on any atom is -0.497 e. The maximum absolute atomic E-state index is 12.3. The third-order valence-corrected chi connectivity index (χ3v) is 4.90. The smallest absolute Gasteiger partial charge is 0.262 e. The van der Waals surface area contributed by atoms with E-state index >= 15 is 0 Å². The fourth-order valence-electron chi connectivity index (χ4n) is 3.18. The highest BCUT2D eigenvalue weighted by atomic mass is 16.5. The molecule has 0 radical (unpaired) electrons.